The van der Waals surface area contributed by atoms with Crippen LogP contribution in [0.4, 0.5) is 0 Å². The van der Waals surface area contributed by atoms with Crippen LogP contribution >= 0.6 is 0 Å². The Bertz CT molecular complexity index is 443. The van der Waals surface area contributed by atoms with E-state index in [1.54, 1.807) is 0 Å². The predicted molar refractivity (Wildman–Crippen MR) is 83.3 cm³/mol. The van der Waals surface area contributed by atoms with Gasteiger partial charge < -0.3 is 10.1 Å². The molecule has 2 nitrogen and oxygen atoms in total. The molecule has 2 heteroatoms. The van der Waals surface area contributed by atoms with Gasteiger partial charge in [-0.3, -0.25) is 0 Å². The highest BCUT2D eigenvalue weighted by Crippen LogP contribution is 2.41. The average molecular weight is 273 g/mol. The molecule has 0 aromatic heterocycles. The molecule has 1 aromatic carbocycles. The summed E-state index contributed by atoms with van der Waals surface area (Å²) in [6.07, 6.45) is 7.03. The van der Waals surface area contributed by atoms with Crippen LogP contribution < -0.4 is 10.1 Å². The molecule has 3 rings (SSSR count). The van der Waals surface area contributed by atoms with E-state index in [0.29, 0.717) is 18.1 Å². The van der Waals surface area contributed by atoms with Crippen molar-refractivity contribution >= 4 is 0 Å². The van der Waals surface area contributed by atoms with E-state index in [-0.39, 0.29) is 0 Å². The largest absolute Gasteiger partial charge is 0.490 e. The molecule has 1 aromatic rings. The Labute approximate surface area is 122 Å². The molecule has 1 fully saturated rings. The number of para-hydroxylation sites is 1. The first-order valence-corrected chi connectivity index (χ1v) is 8.23. The molecule has 20 heavy (non-hydrogen) atoms. The van der Waals surface area contributed by atoms with Gasteiger partial charge in [0.2, 0.25) is 0 Å². The lowest BCUT2D eigenvalue weighted by molar-refractivity contribution is 0.0931. The van der Waals surface area contributed by atoms with Crippen LogP contribution in [0.25, 0.3) is 0 Å². The maximum Gasteiger partial charge on any atom is 0.123 e. The zero-order chi connectivity index (χ0) is 13.9. The van der Waals surface area contributed by atoms with Gasteiger partial charge >= 0.3 is 0 Å². The van der Waals surface area contributed by atoms with Crippen molar-refractivity contribution in [3.8, 4) is 5.75 Å². The minimum atomic E-state index is 0.453. The lowest BCUT2D eigenvalue weighted by Gasteiger charge is -2.30. The van der Waals surface area contributed by atoms with Crippen LogP contribution in [-0.4, -0.2) is 18.7 Å². The molecule has 1 heterocycles. The Morgan fingerprint density at radius 3 is 2.85 bits per heavy atom. The number of benzene rings is 1. The van der Waals surface area contributed by atoms with Crippen LogP contribution in [0.2, 0.25) is 0 Å². The van der Waals surface area contributed by atoms with Crippen molar-refractivity contribution in [2.75, 3.05) is 6.54 Å². The molecule has 0 saturated heterocycles. The van der Waals surface area contributed by atoms with Gasteiger partial charge in [0.25, 0.3) is 0 Å². The predicted octanol–water partition coefficient (Wildman–Crippen LogP) is 4.11. The zero-order valence-corrected chi connectivity index (χ0v) is 12.8. The van der Waals surface area contributed by atoms with Crippen molar-refractivity contribution in [3.63, 3.8) is 0 Å². The molecule has 1 aliphatic heterocycles. The number of nitrogens with one attached hydrogen (secondary N) is 1. The molecule has 1 saturated carbocycles. The third-order valence-corrected chi connectivity index (χ3v) is 4.84. The van der Waals surface area contributed by atoms with E-state index in [0.717, 1.165) is 18.2 Å². The topological polar surface area (TPSA) is 21.3 Å². The summed E-state index contributed by atoms with van der Waals surface area (Å²) in [6.45, 7) is 5.52. The fourth-order valence-electron chi connectivity index (χ4n) is 3.75. The van der Waals surface area contributed by atoms with Gasteiger partial charge in [-0.05, 0) is 43.2 Å². The Morgan fingerprint density at radius 2 is 2.00 bits per heavy atom. The second-order valence-electron chi connectivity index (χ2n) is 6.73. The molecule has 3 unspecified atom stereocenters. The monoisotopic (exact) mass is 273 g/mol. The Hall–Kier alpha value is -1.02. The van der Waals surface area contributed by atoms with E-state index in [1.165, 1.54) is 37.7 Å². The first-order valence-electron chi connectivity index (χ1n) is 8.23. The molecule has 110 valence electrons. The normalized spacial score (nSPS) is 29.2. The lowest BCUT2D eigenvalue weighted by atomic mass is 9.79. The van der Waals surface area contributed by atoms with E-state index in [1.807, 2.05) is 0 Å². The van der Waals surface area contributed by atoms with E-state index < -0.39 is 0 Å². The summed E-state index contributed by atoms with van der Waals surface area (Å²) in [5.41, 5.74) is 1.41. The molecule has 0 radical (unpaired) electrons. The fraction of sp³-hybridized carbons (Fsp3) is 0.667. The molecule has 0 amide bonds. The summed E-state index contributed by atoms with van der Waals surface area (Å²) in [5.74, 6) is 2.48. The van der Waals surface area contributed by atoms with Crippen LogP contribution in [0.5, 0.6) is 5.75 Å². The van der Waals surface area contributed by atoms with Crippen molar-refractivity contribution in [2.24, 2.45) is 5.92 Å². The van der Waals surface area contributed by atoms with Crippen molar-refractivity contribution in [1.29, 1.82) is 0 Å². The summed E-state index contributed by atoms with van der Waals surface area (Å²) in [4.78, 5) is 0. The zero-order valence-electron chi connectivity index (χ0n) is 12.8. The summed E-state index contributed by atoms with van der Waals surface area (Å²) >= 11 is 0. The van der Waals surface area contributed by atoms with E-state index in [2.05, 4.69) is 43.4 Å². The minimum Gasteiger partial charge on any atom is -0.490 e. The molecule has 3 atom stereocenters. The molecular formula is C18H27NO. The van der Waals surface area contributed by atoms with E-state index >= 15 is 0 Å². The number of rotatable bonds is 3. The summed E-state index contributed by atoms with van der Waals surface area (Å²) < 4.78 is 6.37. The van der Waals surface area contributed by atoms with Crippen LogP contribution in [0, 0.1) is 5.92 Å². The van der Waals surface area contributed by atoms with Crippen LogP contribution in [0.1, 0.15) is 57.4 Å². The maximum atomic E-state index is 6.37. The van der Waals surface area contributed by atoms with Gasteiger partial charge in [-0.25, -0.2) is 0 Å². The Morgan fingerprint density at radius 1 is 1.20 bits per heavy atom. The second-order valence-corrected chi connectivity index (χ2v) is 6.73. The van der Waals surface area contributed by atoms with Gasteiger partial charge in [-0.2, -0.15) is 0 Å². The van der Waals surface area contributed by atoms with Crippen LogP contribution in [-0.2, 0) is 0 Å². The van der Waals surface area contributed by atoms with Gasteiger partial charge in [-0.1, -0.05) is 38.5 Å². The number of hydrogen-bond acceptors (Lipinski definition) is 2. The fourth-order valence-corrected chi connectivity index (χ4v) is 3.75. The molecule has 1 N–H and O–H groups in total. The van der Waals surface area contributed by atoms with Crippen molar-refractivity contribution in [3.05, 3.63) is 29.8 Å². The van der Waals surface area contributed by atoms with E-state index in [4.69, 9.17) is 4.74 Å². The van der Waals surface area contributed by atoms with Crippen molar-refractivity contribution in [2.45, 2.75) is 64.0 Å². The number of hydrogen-bond donors (Lipinski definition) is 1. The Balaban J connectivity index is 1.84. The Kier molecular flexibility index (Phi) is 4.30. The highest BCUT2D eigenvalue weighted by molar-refractivity contribution is 5.37. The first-order chi connectivity index (χ1) is 9.74. The van der Waals surface area contributed by atoms with Gasteiger partial charge in [-0.15, -0.1) is 0 Å². The molecular weight excluding hydrogens is 246 g/mol. The maximum absolute atomic E-state index is 6.37. The molecule has 0 bridgehead atoms. The quantitative estimate of drug-likeness (QED) is 0.895. The molecule has 0 spiro atoms. The molecule has 2 aliphatic rings. The van der Waals surface area contributed by atoms with Gasteiger partial charge in [0.1, 0.15) is 11.9 Å². The summed E-state index contributed by atoms with van der Waals surface area (Å²) in [6, 6.07) is 9.23. The highest BCUT2D eigenvalue weighted by atomic mass is 16.5. The average Bonchev–Trinajstić information content (AvgIpc) is 2.61. The van der Waals surface area contributed by atoms with E-state index in [9.17, 15) is 0 Å². The first kappa shape index (κ1) is 13.9. The third kappa shape index (κ3) is 3.01. The second kappa shape index (κ2) is 6.17. The highest BCUT2D eigenvalue weighted by Gasteiger charge is 2.33. The summed E-state index contributed by atoms with van der Waals surface area (Å²) in [7, 11) is 0. The van der Waals surface area contributed by atoms with Gasteiger partial charge in [0, 0.05) is 18.5 Å². The smallest absolute Gasteiger partial charge is 0.123 e. The third-order valence-electron chi connectivity index (χ3n) is 4.84. The minimum absolute atomic E-state index is 0.453. The number of ether oxygens (including phenoxy) is 1. The van der Waals surface area contributed by atoms with Crippen LogP contribution in [0.3, 0.4) is 0 Å². The molecule has 1 aliphatic carbocycles. The number of fused-ring (bicyclic) bond motifs is 2. The SMILES string of the molecule is CC(C)NCC1CC2CCCCC2Oc2ccccc21. The van der Waals surface area contributed by atoms with Crippen LogP contribution in [0.15, 0.2) is 24.3 Å². The van der Waals surface area contributed by atoms with Gasteiger partial charge in [0.15, 0.2) is 0 Å². The van der Waals surface area contributed by atoms with Gasteiger partial charge in [0.05, 0.1) is 0 Å². The van der Waals surface area contributed by atoms with Crippen molar-refractivity contribution in [1.82, 2.24) is 5.32 Å². The lowest BCUT2D eigenvalue weighted by Crippen LogP contribution is -2.32. The van der Waals surface area contributed by atoms with Crippen molar-refractivity contribution < 1.29 is 4.74 Å². The summed E-state index contributed by atoms with van der Waals surface area (Å²) in [5, 5.41) is 3.62. The standard InChI is InChI=1S/C18H27NO/c1-13(2)19-12-15-11-14-7-3-5-9-17(14)20-18-10-6-4-8-16(15)18/h4,6,8,10,13-15,17,19H,3,5,7,9,11-12H2,1-2H3.